The van der Waals surface area contributed by atoms with Crippen molar-refractivity contribution in [2.24, 2.45) is 5.10 Å². The van der Waals surface area contributed by atoms with Crippen molar-refractivity contribution < 1.29 is 14.3 Å². The Hall–Kier alpha value is -2.82. The highest BCUT2D eigenvalue weighted by Crippen LogP contribution is 2.14. The molecular weight excluding hydrogens is 304 g/mol. The molecule has 2 aromatic rings. The SMILES string of the molecule is CCOc1ccc(C(=O)N/N=C(\CC)c2ccc(OC)cc2)cc1. The van der Waals surface area contributed by atoms with Gasteiger partial charge in [-0.15, -0.1) is 0 Å². The molecule has 0 atom stereocenters. The normalized spacial score (nSPS) is 11.0. The summed E-state index contributed by atoms with van der Waals surface area (Å²) in [6.45, 7) is 4.50. The van der Waals surface area contributed by atoms with E-state index in [4.69, 9.17) is 9.47 Å². The van der Waals surface area contributed by atoms with Crippen LogP contribution in [0.2, 0.25) is 0 Å². The van der Waals surface area contributed by atoms with E-state index in [0.717, 1.165) is 22.8 Å². The maximum Gasteiger partial charge on any atom is 0.271 e. The predicted octanol–water partition coefficient (Wildman–Crippen LogP) is 3.64. The van der Waals surface area contributed by atoms with Crippen LogP contribution in [-0.2, 0) is 0 Å². The van der Waals surface area contributed by atoms with E-state index in [0.29, 0.717) is 18.6 Å². The first kappa shape index (κ1) is 17.5. The van der Waals surface area contributed by atoms with Gasteiger partial charge in [0.05, 0.1) is 19.4 Å². The van der Waals surface area contributed by atoms with E-state index < -0.39 is 0 Å². The lowest BCUT2D eigenvalue weighted by atomic mass is 10.1. The summed E-state index contributed by atoms with van der Waals surface area (Å²) in [5, 5.41) is 4.25. The van der Waals surface area contributed by atoms with Crippen LogP contribution >= 0.6 is 0 Å². The molecule has 1 amide bonds. The number of carbonyl (C=O) groups is 1. The van der Waals surface area contributed by atoms with Crippen LogP contribution in [-0.4, -0.2) is 25.3 Å². The molecule has 2 rings (SSSR count). The maximum atomic E-state index is 12.2. The largest absolute Gasteiger partial charge is 0.497 e. The van der Waals surface area contributed by atoms with Crippen LogP contribution in [0.4, 0.5) is 0 Å². The maximum absolute atomic E-state index is 12.2. The Morgan fingerprint density at radius 2 is 1.54 bits per heavy atom. The molecule has 0 bridgehead atoms. The van der Waals surface area contributed by atoms with Gasteiger partial charge < -0.3 is 9.47 Å². The fourth-order valence-electron chi connectivity index (χ4n) is 2.18. The standard InChI is InChI=1S/C19H22N2O3/c1-4-18(14-6-10-16(23-3)11-7-14)20-21-19(22)15-8-12-17(13-9-15)24-5-2/h6-13H,4-5H2,1-3H3,(H,21,22)/b20-18+. The number of hydrazone groups is 1. The molecule has 0 aromatic heterocycles. The molecule has 0 aliphatic carbocycles. The average molecular weight is 326 g/mol. The van der Waals surface area contributed by atoms with Crippen molar-refractivity contribution in [1.29, 1.82) is 0 Å². The van der Waals surface area contributed by atoms with Crippen molar-refractivity contribution in [2.45, 2.75) is 20.3 Å². The second-order valence-corrected chi connectivity index (χ2v) is 5.04. The lowest BCUT2D eigenvalue weighted by Crippen LogP contribution is -2.20. The Balaban J connectivity index is 2.06. The van der Waals surface area contributed by atoms with Crippen molar-refractivity contribution in [2.75, 3.05) is 13.7 Å². The minimum Gasteiger partial charge on any atom is -0.497 e. The number of ether oxygens (including phenoxy) is 2. The molecule has 5 nitrogen and oxygen atoms in total. The smallest absolute Gasteiger partial charge is 0.271 e. The fourth-order valence-corrected chi connectivity index (χ4v) is 2.18. The van der Waals surface area contributed by atoms with Crippen LogP contribution in [0.3, 0.4) is 0 Å². The van der Waals surface area contributed by atoms with E-state index in [1.54, 1.807) is 31.4 Å². The zero-order chi connectivity index (χ0) is 17.4. The number of nitrogens with one attached hydrogen (secondary N) is 1. The molecule has 0 saturated heterocycles. The van der Waals surface area contributed by atoms with Gasteiger partial charge in [0.15, 0.2) is 0 Å². The third-order valence-electron chi connectivity index (χ3n) is 3.48. The lowest BCUT2D eigenvalue weighted by Gasteiger charge is -2.07. The van der Waals surface area contributed by atoms with Crippen LogP contribution in [0.1, 0.15) is 36.2 Å². The zero-order valence-corrected chi connectivity index (χ0v) is 14.2. The number of hydrogen-bond acceptors (Lipinski definition) is 4. The summed E-state index contributed by atoms with van der Waals surface area (Å²) in [5.41, 5.74) is 4.89. The van der Waals surface area contributed by atoms with Gasteiger partial charge >= 0.3 is 0 Å². The van der Waals surface area contributed by atoms with Crippen LogP contribution in [0, 0.1) is 0 Å². The fraction of sp³-hybridized carbons (Fsp3) is 0.263. The molecule has 0 heterocycles. The van der Waals surface area contributed by atoms with Crippen LogP contribution in [0.5, 0.6) is 11.5 Å². The molecule has 126 valence electrons. The first-order valence-corrected chi connectivity index (χ1v) is 7.92. The summed E-state index contributed by atoms with van der Waals surface area (Å²) in [6, 6.07) is 14.6. The Labute approximate surface area is 142 Å². The molecule has 1 N–H and O–H groups in total. The Morgan fingerprint density at radius 3 is 2.08 bits per heavy atom. The van der Waals surface area contributed by atoms with Gasteiger partial charge in [0.1, 0.15) is 11.5 Å². The van der Waals surface area contributed by atoms with Crippen LogP contribution < -0.4 is 14.9 Å². The quantitative estimate of drug-likeness (QED) is 0.624. The summed E-state index contributed by atoms with van der Waals surface area (Å²) in [7, 11) is 1.63. The number of amides is 1. The van der Waals surface area contributed by atoms with Crippen molar-refractivity contribution in [1.82, 2.24) is 5.43 Å². The topological polar surface area (TPSA) is 59.9 Å². The number of carbonyl (C=O) groups excluding carboxylic acids is 1. The molecule has 5 heteroatoms. The van der Waals surface area contributed by atoms with Gasteiger partial charge in [-0.3, -0.25) is 4.79 Å². The third-order valence-corrected chi connectivity index (χ3v) is 3.48. The van der Waals surface area contributed by atoms with E-state index in [9.17, 15) is 4.79 Å². The van der Waals surface area contributed by atoms with Gasteiger partial charge in [-0.2, -0.15) is 5.10 Å². The predicted molar refractivity (Wildman–Crippen MR) is 94.9 cm³/mol. The summed E-state index contributed by atoms with van der Waals surface area (Å²) >= 11 is 0. The van der Waals surface area contributed by atoms with E-state index in [1.807, 2.05) is 38.1 Å². The van der Waals surface area contributed by atoms with Crippen LogP contribution in [0.15, 0.2) is 53.6 Å². The molecule has 0 saturated carbocycles. The molecule has 0 spiro atoms. The average Bonchev–Trinajstić information content (AvgIpc) is 2.63. The van der Waals surface area contributed by atoms with E-state index >= 15 is 0 Å². The van der Waals surface area contributed by atoms with Crippen LogP contribution in [0.25, 0.3) is 0 Å². The highest BCUT2D eigenvalue weighted by Gasteiger charge is 2.07. The van der Waals surface area contributed by atoms with Gasteiger partial charge in [-0.05, 0) is 67.4 Å². The molecule has 2 aromatic carbocycles. The first-order valence-electron chi connectivity index (χ1n) is 7.92. The molecule has 0 radical (unpaired) electrons. The summed E-state index contributed by atoms with van der Waals surface area (Å²) in [5.74, 6) is 1.27. The number of rotatable bonds is 7. The minimum absolute atomic E-state index is 0.252. The van der Waals surface area contributed by atoms with Gasteiger partial charge in [0.25, 0.3) is 5.91 Å². The first-order chi connectivity index (χ1) is 11.7. The highest BCUT2D eigenvalue weighted by molar-refractivity contribution is 6.02. The number of methoxy groups -OCH3 is 1. The Bertz CT molecular complexity index is 692. The van der Waals surface area contributed by atoms with Crippen molar-refractivity contribution in [3.05, 3.63) is 59.7 Å². The molecule has 0 aliphatic rings. The number of nitrogens with zero attached hydrogens (tertiary/aromatic N) is 1. The highest BCUT2D eigenvalue weighted by atomic mass is 16.5. The van der Waals surface area contributed by atoms with E-state index in [-0.39, 0.29) is 5.91 Å². The lowest BCUT2D eigenvalue weighted by molar-refractivity contribution is 0.0955. The van der Waals surface area contributed by atoms with Gasteiger partial charge in [0, 0.05) is 5.56 Å². The summed E-state index contributed by atoms with van der Waals surface area (Å²) < 4.78 is 10.5. The van der Waals surface area contributed by atoms with Gasteiger partial charge in [0.2, 0.25) is 0 Å². The summed E-state index contributed by atoms with van der Waals surface area (Å²) in [4.78, 5) is 12.2. The number of benzene rings is 2. The van der Waals surface area contributed by atoms with Gasteiger partial charge in [-0.25, -0.2) is 5.43 Å². The third kappa shape index (κ3) is 4.59. The molecule has 0 fully saturated rings. The number of hydrogen-bond donors (Lipinski definition) is 1. The van der Waals surface area contributed by atoms with Gasteiger partial charge in [-0.1, -0.05) is 6.92 Å². The summed E-state index contributed by atoms with van der Waals surface area (Å²) in [6.07, 6.45) is 0.704. The zero-order valence-electron chi connectivity index (χ0n) is 14.2. The van der Waals surface area contributed by atoms with Crippen molar-refractivity contribution >= 4 is 11.6 Å². The second-order valence-electron chi connectivity index (χ2n) is 5.04. The minimum atomic E-state index is -0.252. The molecule has 0 unspecified atom stereocenters. The Kier molecular flexibility index (Phi) is 6.37. The van der Waals surface area contributed by atoms with Crippen molar-refractivity contribution in [3.63, 3.8) is 0 Å². The molecule has 24 heavy (non-hydrogen) atoms. The second kappa shape index (κ2) is 8.72. The van der Waals surface area contributed by atoms with E-state index in [2.05, 4.69) is 10.5 Å². The van der Waals surface area contributed by atoms with E-state index in [1.165, 1.54) is 0 Å². The molecule has 0 aliphatic heterocycles. The van der Waals surface area contributed by atoms with Crippen molar-refractivity contribution in [3.8, 4) is 11.5 Å². The monoisotopic (exact) mass is 326 g/mol. The molecular formula is C19H22N2O3. The Morgan fingerprint density at radius 1 is 0.958 bits per heavy atom.